The average Bonchev–Trinajstić information content (AvgIpc) is 3.17. The van der Waals surface area contributed by atoms with Gasteiger partial charge in [0.25, 0.3) is 0 Å². The summed E-state index contributed by atoms with van der Waals surface area (Å²) in [5, 5.41) is 4.38. The van der Waals surface area contributed by atoms with Crippen molar-refractivity contribution in [3.05, 3.63) is 63.8 Å². The maximum absolute atomic E-state index is 13.3. The Morgan fingerprint density at radius 3 is 2.47 bits per heavy atom. The number of hydrogen-bond acceptors (Lipinski definition) is 6. The molecule has 1 atom stereocenters. The minimum atomic E-state index is -3.77. The summed E-state index contributed by atoms with van der Waals surface area (Å²) in [5.74, 6) is 0.696. The predicted molar refractivity (Wildman–Crippen MR) is 116 cm³/mol. The summed E-state index contributed by atoms with van der Waals surface area (Å²) in [4.78, 5) is 13.6. The van der Waals surface area contributed by atoms with E-state index < -0.39 is 9.84 Å². The average molecular weight is 444 g/mol. The minimum Gasteiger partial charge on any atom is -0.497 e. The Labute approximate surface area is 179 Å². The number of hydrogen-bond donors (Lipinski definition) is 1. The van der Waals surface area contributed by atoms with Gasteiger partial charge in [-0.25, -0.2) is 8.42 Å². The number of carbonyl (C=O) groups excluding carboxylic acids is 1. The van der Waals surface area contributed by atoms with Crippen molar-refractivity contribution >= 4 is 32.8 Å². The van der Waals surface area contributed by atoms with Crippen LogP contribution in [0.5, 0.6) is 11.5 Å². The molecule has 3 aromatic rings. The smallest absolute Gasteiger partial charge is 0.225 e. The van der Waals surface area contributed by atoms with Crippen LogP contribution in [-0.4, -0.2) is 28.5 Å². The summed E-state index contributed by atoms with van der Waals surface area (Å²) in [5.41, 5.74) is 2.11. The number of aryl methyl sites for hydroxylation is 1. The molecule has 1 aromatic heterocycles. The summed E-state index contributed by atoms with van der Waals surface area (Å²) >= 11 is 1.32. The van der Waals surface area contributed by atoms with Crippen LogP contribution in [0.2, 0.25) is 0 Å². The van der Waals surface area contributed by atoms with E-state index in [1.54, 1.807) is 56.0 Å². The summed E-state index contributed by atoms with van der Waals surface area (Å²) in [6.45, 7) is 1.90. The van der Waals surface area contributed by atoms with Crippen molar-refractivity contribution < 1.29 is 22.7 Å². The summed E-state index contributed by atoms with van der Waals surface area (Å²) in [6.07, 6.45) is 0.195. The second-order valence-corrected chi connectivity index (χ2v) is 9.90. The number of anilines is 1. The number of ether oxygens (including phenoxy) is 2. The monoisotopic (exact) mass is 443 g/mol. The third-order valence-corrected chi connectivity index (χ3v) is 8.23. The standard InChI is InChI=1S/C22H21NO5S2/c1-13-4-7-15(8-5-13)30(25,26)19-12-29-22-17(11-20(24)23-21(19)22)16-10-14(27-2)6-9-18(16)28-3/h4-10,12,17H,11H2,1-3H3,(H,23,24)/t17-/m0/s1. The molecule has 0 saturated heterocycles. The zero-order valence-electron chi connectivity index (χ0n) is 16.8. The van der Waals surface area contributed by atoms with E-state index >= 15 is 0 Å². The molecule has 0 bridgehead atoms. The lowest BCUT2D eigenvalue weighted by atomic mass is 9.90. The summed E-state index contributed by atoms with van der Waals surface area (Å²) < 4.78 is 37.4. The van der Waals surface area contributed by atoms with Crippen molar-refractivity contribution in [3.8, 4) is 11.5 Å². The van der Waals surface area contributed by atoms with Crippen LogP contribution in [0.15, 0.2) is 57.6 Å². The van der Waals surface area contributed by atoms with E-state index in [4.69, 9.17) is 9.47 Å². The van der Waals surface area contributed by atoms with Crippen LogP contribution in [-0.2, 0) is 14.6 Å². The van der Waals surface area contributed by atoms with Gasteiger partial charge in [-0.2, -0.15) is 0 Å². The van der Waals surface area contributed by atoms with Crippen molar-refractivity contribution in [1.82, 2.24) is 0 Å². The lowest BCUT2D eigenvalue weighted by Gasteiger charge is -2.25. The third kappa shape index (κ3) is 3.46. The first-order valence-corrected chi connectivity index (χ1v) is 11.7. The van der Waals surface area contributed by atoms with Gasteiger partial charge in [-0.05, 0) is 37.3 Å². The Bertz CT molecular complexity index is 1210. The Balaban J connectivity index is 1.85. The predicted octanol–water partition coefficient (Wildman–Crippen LogP) is 4.38. The summed E-state index contributed by atoms with van der Waals surface area (Å²) in [6, 6.07) is 12.1. The number of thiophene rings is 1. The van der Waals surface area contributed by atoms with Crippen LogP contribution in [0.4, 0.5) is 5.69 Å². The molecular formula is C22H21NO5S2. The number of amides is 1. The molecule has 8 heteroatoms. The van der Waals surface area contributed by atoms with Crippen molar-refractivity contribution in [2.45, 2.75) is 29.1 Å². The minimum absolute atomic E-state index is 0.117. The number of rotatable bonds is 5. The zero-order valence-corrected chi connectivity index (χ0v) is 18.4. The number of sulfone groups is 1. The molecule has 1 N–H and O–H groups in total. The second-order valence-electron chi connectivity index (χ2n) is 7.07. The first-order chi connectivity index (χ1) is 14.3. The Kier molecular flexibility index (Phi) is 5.29. The maximum atomic E-state index is 13.3. The second kappa shape index (κ2) is 7.77. The van der Waals surface area contributed by atoms with E-state index in [2.05, 4.69) is 5.32 Å². The molecule has 6 nitrogen and oxygen atoms in total. The Morgan fingerprint density at radius 2 is 1.80 bits per heavy atom. The van der Waals surface area contributed by atoms with Gasteiger partial charge in [0, 0.05) is 28.2 Å². The van der Waals surface area contributed by atoms with Crippen molar-refractivity contribution in [2.75, 3.05) is 19.5 Å². The Morgan fingerprint density at radius 1 is 1.07 bits per heavy atom. The number of fused-ring (bicyclic) bond motifs is 1. The SMILES string of the molecule is COc1ccc(OC)c([C@@H]2CC(=O)Nc3c(S(=O)(=O)c4ccc(C)cc4)csc32)c1. The molecule has 0 radical (unpaired) electrons. The fourth-order valence-corrected chi connectivity index (χ4v) is 6.51. The van der Waals surface area contributed by atoms with E-state index in [1.807, 2.05) is 13.0 Å². The van der Waals surface area contributed by atoms with E-state index in [-0.39, 0.29) is 28.0 Å². The van der Waals surface area contributed by atoms with Gasteiger partial charge in [0.1, 0.15) is 16.4 Å². The number of carbonyl (C=O) groups is 1. The molecule has 2 aromatic carbocycles. The topological polar surface area (TPSA) is 81.7 Å². The van der Waals surface area contributed by atoms with Crippen LogP contribution in [0.3, 0.4) is 0 Å². The molecule has 4 rings (SSSR count). The highest BCUT2D eigenvalue weighted by molar-refractivity contribution is 7.91. The largest absolute Gasteiger partial charge is 0.497 e. The van der Waals surface area contributed by atoms with Gasteiger partial charge in [0.2, 0.25) is 15.7 Å². The quantitative estimate of drug-likeness (QED) is 0.633. The van der Waals surface area contributed by atoms with Crippen LogP contribution in [0, 0.1) is 6.92 Å². The molecule has 2 heterocycles. The molecule has 1 amide bonds. The normalized spacial score (nSPS) is 16.0. The highest BCUT2D eigenvalue weighted by Gasteiger charge is 2.35. The lowest BCUT2D eigenvalue weighted by molar-refractivity contribution is -0.116. The lowest BCUT2D eigenvalue weighted by Crippen LogP contribution is -2.23. The maximum Gasteiger partial charge on any atom is 0.225 e. The zero-order chi connectivity index (χ0) is 21.5. The fraction of sp³-hybridized carbons (Fsp3) is 0.227. The highest BCUT2D eigenvalue weighted by Crippen LogP contribution is 2.48. The summed E-state index contributed by atoms with van der Waals surface area (Å²) in [7, 11) is -0.634. The molecule has 0 fully saturated rings. The molecule has 1 aliphatic rings. The molecular weight excluding hydrogens is 422 g/mol. The van der Waals surface area contributed by atoms with Gasteiger partial charge in [0.05, 0.1) is 24.8 Å². The van der Waals surface area contributed by atoms with Gasteiger partial charge in [-0.1, -0.05) is 17.7 Å². The first kappa shape index (κ1) is 20.4. The molecule has 0 aliphatic carbocycles. The van der Waals surface area contributed by atoms with E-state index in [9.17, 15) is 13.2 Å². The van der Waals surface area contributed by atoms with E-state index in [0.29, 0.717) is 17.2 Å². The molecule has 0 unspecified atom stereocenters. The van der Waals surface area contributed by atoms with Crippen LogP contribution >= 0.6 is 11.3 Å². The molecule has 30 heavy (non-hydrogen) atoms. The molecule has 1 aliphatic heterocycles. The van der Waals surface area contributed by atoms with Crippen LogP contribution in [0.25, 0.3) is 0 Å². The van der Waals surface area contributed by atoms with Crippen LogP contribution < -0.4 is 14.8 Å². The fourth-order valence-electron chi connectivity index (χ4n) is 3.61. The van der Waals surface area contributed by atoms with E-state index in [0.717, 1.165) is 16.0 Å². The third-order valence-electron chi connectivity index (χ3n) is 5.19. The van der Waals surface area contributed by atoms with Gasteiger partial charge in [-0.3, -0.25) is 4.79 Å². The first-order valence-electron chi connectivity index (χ1n) is 9.30. The van der Waals surface area contributed by atoms with E-state index in [1.165, 1.54) is 11.3 Å². The van der Waals surface area contributed by atoms with Crippen LogP contribution in [0.1, 0.15) is 28.3 Å². The molecule has 156 valence electrons. The number of methoxy groups -OCH3 is 2. The van der Waals surface area contributed by atoms with Gasteiger partial charge in [-0.15, -0.1) is 11.3 Å². The van der Waals surface area contributed by atoms with Gasteiger partial charge >= 0.3 is 0 Å². The van der Waals surface area contributed by atoms with Crippen molar-refractivity contribution in [3.63, 3.8) is 0 Å². The van der Waals surface area contributed by atoms with Crippen molar-refractivity contribution in [2.24, 2.45) is 0 Å². The molecule has 0 spiro atoms. The highest BCUT2D eigenvalue weighted by atomic mass is 32.2. The van der Waals surface area contributed by atoms with Gasteiger partial charge in [0.15, 0.2) is 0 Å². The Hall–Kier alpha value is -2.84. The number of nitrogens with one attached hydrogen (secondary N) is 1. The molecule has 0 saturated carbocycles. The van der Waals surface area contributed by atoms with Gasteiger partial charge < -0.3 is 14.8 Å². The van der Waals surface area contributed by atoms with Crippen molar-refractivity contribution in [1.29, 1.82) is 0 Å². The number of benzene rings is 2.